The highest BCUT2D eigenvalue weighted by atomic mass is 15.6. The molecule has 0 fully saturated rings. The maximum Gasteiger partial charge on any atom is 0.230 e. The van der Waals surface area contributed by atoms with Crippen molar-refractivity contribution in [2.24, 2.45) is 10.8 Å². The Morgan fingerprint density at radius 2 is 1.78 bits per heavy atom. The van der Waals surface area contributed by atoms with E-state index in [4.69, 9.17) is 5.73 Å². The van der Waals surface area contributed by atoms with Gasteiger partial charge in [0, 0.05) is 4.79 Å². The first kappa shape index (κ1) is 10.5. The van der Waals surface area contributed by atoms with Gasteiger partial charge in [0.2, 0.25) is 11.0 Å². The van der Waals surface area contributed by atoms with Crippen LogP contribution < -0.4 is 10.4 Å². The molecule has 88 valence electrons. The number of para-hydroxylation sites is 3. The molecule has 0 aliphatic carbocycles. The van der Waals surface area contributed by atoms with Crippen LogP contribution >= 0.6 is 0 Å². The van der Waals surface area contributed by atoms with Gasteiger partial charge < -0.3 is 5.73 Å². The van der Waals surface area contributed by atoms with Crippen LogP contribution in [0, 0.1) is 0 Å². The molecule has 0 aliphatic heterocycles. The lowest BCUT2D eigenvalue weighted by molar-refractivity contribution is -0.637. The SMILES string of the molecule is NC=Nn1n[n+](-c2ccccc2)c2ccccc21. The summed E-state index contributed by atoms with van der Waals surface area (Å²) < 4.78 is 1.84. The van der Waals surface area contributed by atoms with Crippen LogP contribution in [0.25, 0.3) is 16.7 Å². The molecule has 5 heteroatoms. The third-order valence-corrected chi connectivity index (χ3v) is 2.68. The van der Waals surface area contributed by atoms with Crippen molar-refractivity contribution in [1.29, 1.82) is 0 Å². The molecule has 0 saturated carbocycles. The van der Waals surface area contributed by atoms with Crippen LogP contribution in [0.1, 0.15) is 0 Å². The molecule has 2 aromatic carbocycles. The zero-order valence-electron chi connectivity index (χ0n) is 9.64. The van der Waals surface area contributed by atoms with Gasteiger partial charge in [-0.05, 0) is 29.4 Å². The van der Waals surface area contributed by atoms with Crippen LogP contribution in [-0.2, 0) is 0 Å². The number of hydrogen-bond acceptors (Lipinski definition) is 2. The van der Waals surface area contributed by atoms with E-state index < -0.39 is 0 Å². The van der Waals surface area contributed by atoms with E-state index in [-0.39, 0.29) is 0 Å². The van der Waals surface area contributed by atoms with E-state index in [0.717, 1.165) is 16.7 Å². The summed E-state index contributed by atoms with van der Waals surface area (Å²) in [6.07, 6.45) is 1.23. The minimum atomic E-state index is 0.906. The number of fused-ring (bicyclic) bond motifs is 1. The maximum atomic E-state index is 5.34. The maximum absolute atomic E-state index is 5.34. The molecule has 0 atom stereocenters. The Labute approximate surface area is 104 Å². The van der Waals surface area contributed by atoms with E-state index in [2.05, 4.69) is 10.3 Å². The van der Waals surface area contributed by atoms with Crippen molar-refractivity contribution in [3.8, 4) is 5.69 Å². The van der Waals surface area contributed by atoms with Crippen molar-refractivity contribution in [2.45, 2.75) is 0 Å². The highest BCUT2D eigenvalue weighted by Crippen LogP contribution is 2.10. The number of rotatable bonds is 2. The first-order chi connectivity index (χ1) is 8.90. The molecule has 5 nitrogen and oxygen atoms in total. The Morgan fingerprint density at radius 1 is 1.06 bits per heavy atom. The van der Waals surface area contributed by atoms with Crippen LogP contribution in [-0.4, -0.2) is 16.3 Å². The summed E-state index contributed by atoms with van der Waals surface area (Å²) in [6.45, 7) is 0. The van der Waals surface area contributed by atoms with Gasteiger partial charge in [0.05, 0.1) is 0 Å². The smallest absolute Gasteiger partial charge is 0.230 e. The fraction of sp³-hybridized carbons (Fsp3) is 0. The van der Waals surface area contributed by atoms with Crippen molar-refractivity contribution >= 4 is 17.4 Å². The van der Waals surface area contributed by atoms with E-state index in [1.54, 1.807) is 0 Å². The molecule has 0 bridgehead atoms. The second kappa shape index (κ2) is 4.29. The predicted molar refractivity (Wildman–Crippen MR) is 69.3 cm³/mol. The lowest BCUT2D eigenvalue weighted by atomic mass is 10.3. The van der Waals surface area contributed by atoms with Gasteiger partial charge in [-0.25, -0.2) is 0 Å². The van der Waals surface area contributed by atoms with Crippen LogP contribution in [0.4, 0.5) is 0 Å². The third kappa shape index (κ3) is 1.62. The van der Waals surface area contributed by atoms with Gasteiger partial charge in [0.25, 0.3) is 0 Å². The minimum Gasteiger partial charge on any atom is -0.387 e. The van der Waals surface area contributed by atoms with Gasteiger partial charge in [0.1, 0.15) is 11.6 Å². The zero-order valence-corrected chi connectivity index (χ0v) is 9.64. The molecular weight excluding hydrogens is 226 g/mol. The number of hydrogen-bond donors (Lipinski definition) is 1. The second-order valence-electron chi connectivity index (χ2n) is 3.78. The molecule has 2 N–H and O–H groups in total. The van der Waals surface area contributed by atoms with Crippen molar-refractivity contribution in [1.82, 2.24) is 10.0 Å². The standard InChI is InChI=1S/C13H12N5/c14-10-15-18-13-9-5-4-8-12(13)17(16-18)11-6-2-1-3-7-11/h1-10H,(H2,14,15,16)/q+1. The van der Waals surface area contributed by atoms with Crippen LogP contribution in [0.5, 0.6) is 0 Å². The number of aromatic nitrogens is 3. The van der Waals surface area contributed by atoms with Gasteiger partial charge in [-0.2, -0.15) is 0 Å². The van der Waals surface area contributed by atoms with Gasteiger partial charge >= 0.3 is 0 Å². The predicted octanol–water partition coefficient (Wildman–Crippen LogP) is 1.06. The lowest BCUT2D eigenvalue weighted by Crippen LogP contribution is -2.33. The van der Waals surface area contributed by atoms with E-state index in [0.29, 0.717) is 0 Å². The Balaban J connectivity index is 2.30. The van der Waals surface area contributed by atoms with E-state index in [9.17, 15) is 0 Å². The Morgan fingerprint density at radius 3 is 2.56 bits per heavy atom. The van der Waals surface area contributed by atoms with Crippen LogP contribution in [0.15, 0.2) is 59.7 Å². The summed E-state index contributed by atoms with van der Waals surface area (Å²) in [6, 6.07) is 17.8. The van der Waals surface area contributed by atoms with E-state index in [1.807, 2.05) is 59.3 Å². The quantitative estimate of drug-likeness (QED) is 0.412. The Kier molecular flexibility index (Phi) is 2.49. The molecule has 3 aromatic rings. The topological polar surface area (TPSA) is 60.1 Å². The molecule has 1 heterocycles. The van der Waals surface area contributed by atoms with Gasteiger partial charge in [-0.3, -0.25) is 0 Å². The molecule has 1 aromatic heterocycles. The molecular formula is C13H12N5+. The molecule has 3 rings (SSSR count). The fourth-order valence-electron chi connectivity index (χ4n) is 1.90. The monoisotopic (exact) mass is 238 g/mol. The Hall–Kier alpha value is -2.69. The summed E-state index contributed by atoms with van der Waals surface area (Å²) in [7, 11) is 0. The largest absolute Gasteiger partial charge is 0.387 e. The summed E-state index contributed by atoms with van der Waals surface area (Å²) in [5, 5.41) is 8.42. The number of nitrogens with two attached hydrogens (primary N) is 1. The van der Waals surface area contributed by atoms with E-state index >= 15 is 0 Å². The summed E-state index contributed by atoms with van der Waals surface area (Å²) in [4.78, 5) is 1.52. The first-order valence-electron chi connectivity index (χ1n) is 5.60. The molecule has 0 radical (unpaired) electrons. The second-order valence-corrected chi connectivity index (χ2v) is 3.78. The molecule has 0 unspecified atom stereocenters. The van der Waals surface area contributed by atoms with E-state index in [1.165, 1.54) is 11.1 Å². The molecule has 0 spiro atoms. The average molecular weight is 238 g/mol. The zero-order chi connectivity index (χ0) is 12.4. The molecule has 0 aliphatic rings. The van der Waals surface area contributed by atoms with Crippen LogP contribution in [0.2, 0.25) is 0 Å². The molecule has 18 heavy (non-hydrogen) atoms. The average Bonchev–Trinajstić information content (AvgIpc) is 2.80. The summed E-state index contributed by atoms with van der Waals surface area (Å²) in [5.74, 6) is 0. The number of benzene rings is 2. The normalized spacial score (nSPS) is 11.3. The number of nitrogens with zero attached hydrogens (tertiary/aromatic N) is 4. The van der Waals surface area contributed by atoms with Crippen molar-refractivity contribution in [3.05, 3.63) is 54.6 Å². The third-order valence-electron chi connectivity index (χ3n) is 2.68. The van der Waals surface area contributed by atoms with Gasteiger partial charge in [-0.15, -0.1) is 0 Å². The van der Waals surface area contributed by atoms with Crippen LogP contribution in [0.3, 0.4) is 0 Å². The van der Waals surface area contributed by atoms with Gasteiger partial charge in [-0.1, -0.05) is 35.0 Å². The molecule has 0 saturated heterocycles. The van der Waals surface area contributed by atoms with Crippen molar-refractivity contribution in [3.63, 3.8) is 0 Å². The highest BCUT2D eigenvalue weighted by Gasteiger charge is 2.18. The highest BCUT2D eigenvalue weighted by molar-refractivity contribution is 5.71. The van der Waals surface area contributed by atoms with Gasteiger partial charge in [0.15, 0.2) is 5.69 Å². The van der Waals surface area contributed by atoms with Crippen molar-refractivity contribution < 1.29 is 4.68 Å². The van der Waals surface area contributed by atoms with Crippen molar-refractivity contribution in [2.75, 3.05) is 0 Å². The Bertz CT molecular complexity index is 700. The summed E-state index contributed by atoms with van der Waals surface area (Å²) >= 11 is 0. The summed E-state index contributed by atoms with van der Waals surface area (Å²) in [5.41, 5.74) is 8.21. The lowest BCUT2D eigenvalue weighted by Gasteiger charge is -1.92. The minimum absolute atomic E-state index is 0.906. The molecule has 0 amide bonds. The first-order valence-corrected chi connectivity index (χ1v) is 5.60. The fourth-order valence-corrected chi connectivity index (χ4v) is 1.90.